The molecule has 16 heteroatoms. The van der Waals surface area contributed by atoms with Gasteiger partial charge < -0.3 is 41.9 Å². The third kappa shape index (κ3) is 4.09. The van der Waals surface area contributed by atoms with Crippen molar-refractivity contribution in [3.05, 3.63) is 34.6 Å². The Morgan fingerprint density at radius 3 is 2.59 bits per heavy atom. The van der Waals surface area contributed by atoms with E-state index in [1.807, 2.05) is 4.90 Å². The molecule has 3 aliphatic heterocycles. The molecule has 0 radical (unpaired) electrons. The minimum atomic E-state index is -0.957. The predicted molar refractivity (Wildman–Crippen MR) is 125 cm³/mol. The summed E-state index contributed by atoms with van der Waals surface area (Å²) in [4.78, 5) is 55.5. The number of primary amides is 2. The number of hydrogen-bond acceptors (Lipinski definition) is 12. The van der Waals surface area contributed by atoms with E-state index in [0.29, 0.717) is 12.2 Å². The van der Waals surface area contributed by atoms with Crippen molar-refractivity contribution in [1.29, 1.82) is 0 Å². The van der Waals surface area contributed by atoms with Crippen LogP contribution in [0.15, 0.2) is 39.2 Å². The molecular formula is C21H28N10O6. The van der Waals surface area contributed by atoms with Crippen molar-refractivity contribution in [1.82, 2.24) is 25.2 Å². The number of carbonyl (C=O) groups is 4. The number of nitrogens with one attached hydrogen (secondary N) is 2. The number of imidazole rings is 1. The lowest BCUT2D eigenvalue weighted by molar-refractivity contribution is -0.137. The van der Waals surface area contributed by atoms with Crippen molar-refractivity contribution in [2.75, 3.05) is 34.4 Å². The smallest absolute Gasteiger partial charge is 0.404 e. The van der Waals surface area contributed by atoms with E-state index in [0.717, 1.165) is 0 Å². The summed E-state index contributed by atoms with van der Waals surface area (Å²) in [6.07, 6.45) is 0.388. The molecule has 4 heterocycles. The normalized spacial score (nSPS) is 27.6. The number of nitrogens with two attached hydrogens (primary N) is 3. The number of hydrogen-bond donors (Lipinski definition) is 5. The highest BCUT2D eigenvalue weighted by Gasteiger charge is 2.72. The van der Waals surface area contributed by atoms with Crippen molar-refractivity contribution in [3.63, 3.8) is 0 Å². The van der Waals surface area contributed by atoms with Gasteiger partial charge >= 0.3 is 6.09 Å². The summed E-state index contributed by atoms with van der Waals surface area (Å²) in [7, 11) is 4.93. The largest absolute Gasteiger partial charge is 0.449 e. The lowest BCUT2D eigenvalue weighted by atomic mass is 9.82. The Hall–Kier alpha value is -4.31. The SMILES string of the molecule is CN(C)N=Nc1nc[nH]c1C(N)=O.CO[C@@]12[C@H](COC(N)=O)C3=C(C(=O)C(C)=C(N)C3=O)N1C[C@@H]1N[C@@H]12. The summed E-state index contributed by atoms with van der Waals surface area (Å²) in [5, 5.41) is 12.1. The molecule has 4 atom stereocenters. The fourth-order valence-corrected chi connectivity index (χ4v) is 4.99. The monoisotopic (exact) mass is 516 g/mol. The molecule has 1 aliphatic carbocycles. The fraction of sp³-hybridized carbons (Fsp3) is 0.476. The highest BCUT2D eigenvalue weighted by atomic mass is 16.6. The van der Waals surface area contributed by atoms with E-state index in [1.54, 1.807) is 14.1 Å². The van der Waals surface area contributed by atoms with Gasteiger partial charge in [0.05, 0.1) is 29.7 Å². The van der Waals surface area contributed by atoms with Gasteiger partial charge in [0.25, 0.3) is 5.91 Å². The van der Waals surface area contributed by atoms with E-state index in [4.69, 9.17) is 26.7 Å². The number of ether oxygens (including phenoxy) is 2. The zero-order valence-corrected chi connectivity index (χ0v) is 20.6. The van der Waals surface area contributed by atoms with Crippen LogP contribution in [-0.4, -0.2) is 95.6 Å². The Balaban J connectivity index is 0.000000209. The first-order valence-electron chi connectivity index (χ1n) is 11.2. The zero-order chi connectivity index (χ0) is 27.2. The van der Waals surface area contributed by atoms with Crippen LogP contribution in [-0.2, 0) is 19.1 Å². The van der Waals surface area contributed by atoms with Crippen LogP contribution in [0.2, 0.25) is 0 Å². The molecule has 5 rings (SSSR count). The van der Waals surface area contributed by atoms with Crippen LogP contribution >= 0.6 is 0 Å². The quantitative estimate of drug-likeness (QED) is 0.125. The lowest BCUT2D eigenvalue weighted by Gasteiger charge is -2.39. The number of aromatic nitrogens is 2. The molecular weight excluding hydrogens is 488 g/mol. The molecule has 198 valence electrons. The van der Waals surface area contributed by atoms with E-state index in [9.17, 15) is 19.2 Å². The van der Waals surface area contributed by atoms with Crippen LogP contribution in [0.3, 0.4) is 0 Å². The fourth-order valence-electron chi connectivity index (χ4n) is 4.99. The number of allylic oxidation sites excluding steroid dienone is 2. The van der Waals surface area contributed by atoms with Gasteiger partial charge in [0.2, 0.25) is 17.4 Å². The third-order valence-electron chi connectivity index (χ3n) is 6.66. The molecule has 37 heavy (non-hydrogen) atoms. The molecule has 2 fully saturated rings. The van der Waals surface area contributed by atoms with E-state index >= 15 is 0 Å². The molecule has 0 bridgehead atoms. The van der Waals surface area contributed by atoms with Crippen molar-refractivity contribution in [2.24, 2.45) is 33.5 Å². The van der Waals surface area contributed by atoms with Gasteiger partial charge in [-0.3, -0.25) is 19.4 Å². The predicted octanol–water partition coefficient (Wildman–Crippen LogP) is -1.58. The van der Waals surface area contributed by atoms with Gasteiger partial charge in [-0.2, -0.15) is 0 Å². The van der Waals surface area contributed by atoms with Gasteiger partial charge in [-0.05, 0) is 6.92 Å². The van der Waals surface area contributed by atoms with Gasteiger partial charge in [0.15, 0.2) is 11.4 Å². The second kappa shape index (κ2) is 9.29. The van der Waals surface area contributed by atoms with Gasteiger partial charge in [0.1, 0.15) is 6.61 Å². The van der Waals surface area contributed by atoms with Crippen LogP contribution in [0.1, 0.15) is 17.4 Å². The number of piperazine rings is 1. The van der Waals surface area contributed by atoms with Crippen LogP contribution in [0.4, 0.5) is 10.6 Å². The number of Topliss-reactive ketones (excluding diaryl/α,β-unsaturated/α-hetero) is 2. The summed E-state index contributed by atoms with van der Waals surface area (Å²) >= 11 is 0. The molecule has 1 aromatic rings. The molecule has 16 nitrogen and oxygen atoms in total. The summed E-state index contributed by atoms with van der Waals surface area (Å²) in [5.41, 5.74) is 15.9. The van der Waals surface area contributed by atoms with Crippen molar-refractivity contribution in [2.45, 2.75) is 24.7 Å². The highest BCUT2D eigenvalue weighted by Crippen LogP contribution is 2.55. The first kappa shape index (κ1) is 25.8. The van der Waals surface area contributed by atoms with E-state index in [-0.39, 0.29) is 52.8 Å². The average molecular weight is 517 g/mol. The minimum Gasteiger partial charge on any atom is -0.449 e. The number of rotatable bonds is 6. The maximum Gasteiger partial charge on any atom is 0.404 e. The maximum atomic E-state index is 12.8. The van der Waals surface area contributed by atoms with Gasteiger partial charge in [-0.25, -0.2) is 9.78 Å². The number of H-pyrrole nitrogens is 1. The summed E-state index contributed by atoms with van der Waals surface area (Å²) in [6, 6.07) is 0.109. The first-order chi connectivity index (χ1) is 17.4. The standard InChI is InChI=1S/C15H18N4O5.C6H10N6O/c1-5-9(16)12(21)8-6(4-24-14(17)22)15(23-2)13-7(18-13)3-19(15)10(8)11(5)20;1-12(2)11-10-6-4(5(7)13)8-3-9-6/h6-7,13,18H,3-4,16H2,1-2H3,(H2,17,22);3H,1-2H3,(H2,7,13)(H,8,9)/t6-,7+,13+,15-;/m1./s1. The Bertz CT molecular complexity index is 1270. The van der Waals surface area contributed by atoms with Gasteiger partial charge in [-0.1, -0.05) is 5.22 Å². The molecule has 2 saturated heterocycles. The average Bonchev–Trinajstić information content (AvgIpc) is 3.22. The topological polar surface area (TPSA) is 247 Å². The number of fused-ring (bicyclic) bond motifs is 4. The Labute approximate surface area is 210 Å². The van der Waals surface area contributed by atoms with Crippen LogP contribution in [0.5, 0.6) is 0 Å². The highest BCUT2D eigenvalue weighted by molar-refractivity contribution is 6.25. The number of methoxy groups -OCH3 is 1. The molecule has 4 aliphatic rings. The minimum absolute atomic E-state index is 0.0586. The van der Waals surface area contributed by atoms with E-state index in [2.05, 4.69) is 25.6 Å². The Kier molecular flexibility index (Phi) is 6.47. The van der Waals surface area contributed by atoms with Crippen molar-refractivity contribution >= 4 is 29.4 Å². The summed E-state index contributed by atoms with van der Waals surface area (Å²) in [6.45, 7) is 1.92. The molecule has 1 aromatic heterocycles. The molecule has 0 unspecified atom stereocenters. The molecule has 0 spiro atoms. The number of aromatic amines is 1. The molecule has 2 amide bonds. The number of amides is 2. The van der Waals surface area contributed by atoms with E-state index < -0.39 is 29.4 Å². The number of carbonyl (C=O) groups excluding carboxylic acids is 4. The number of ketones is 2. The molecule has 0 aromatic carbocycles. The van der Waals surface area contributed by atoms with Crippen LogP contribution in [0.25, 0.3) is 0 Å². The molecule has 8 N–H and O–H groups in total. The van der Waals surface area contributed by atoms with Crippen molar-refractivity contribution < 1.29 is 28.7 Å². The van der Waals surface area contributed by atoms with Gasteiger partial charge in [-0.15, -0.1) is 5.11 Å². The van der Waals surface area contributed by atoms with Crippen molar-refractivity contribution in [3.8, 4) is 0 Å². The molecule has 0 saturated carbocycles. The third-order valence-corrected chi connectivity index (χ3v) is 6.66. The maximum absolute atomic E-state index is 12.8. The van der Waals surface area contributed by atoms with Gasteiger partial charge in [0, 0.05) is 44.9 Å². The van der Waals surface area contributed by atoms with Crippen LogP contribution < -0.4 is 22.5 Å². The lowest BCUT2D eigenvalue weighted by Crippen LogP contribution is -2.55. The first-order valence-corrected chi connectivity index (χ1v) is 11.2. The number of nitrogens with zero attached hydrogens (tertiary/aromatic N) is 5. The summed E-state index contributed by atoms with van der Waals surface area (Å²) < 4.78 is 10.8. The summed E-state index contributed by atoms with van der Waals surface area (Å²) in [5.74, 6) is -1.75. The second-order valence-corrected chi connectivity index (χ2v) is 8.96. The zero-order valence-electron chi connectivity index (χ0n) is 20.6. The Morgan fingerprint density at radius 1 is 1.30 bits per heavy atom. The van der Waals surface area contributed by atoms with E-state index in [1.165, 1.54) is 25.4 Å². The van der Waals surface area contributed by atoms with Crippen LogP contribution in [0, 0.1) is 5.92 Å². The second-order valence-electron chi connectivity index (χ2n) is 8.96. The Morgan fingerprint density at radius 2 is 2.00 bits per heavy atom.